The Bertz CT molecular complexity index is 268. The Morgan fingerprint density at radius 1 is 1.43 bits per heavy atom. The first-order valence-electron chi connectivity index (χ1n) is 4.58. The van der Waals surface area contributed by atoms with Crippen LogP contribution in [-0.4, -0.2) is 24.8 Å². The molecule has 0 aliphatic rings. The van der Waals surface area contributed by atoms with Gasteiger partial charge < -0.3 is 9.47 Å². The van der Waals surface area contributed by atoms with Crippen LogP contribution in [0.1, 0.15) is 12.5 Å². The Hall–Kier alpha value is -0.800. The van der Waals surface area contributed by atoms with E-state index in [4.69, 9.17) is 21.1 Å². The minimum atomic E-state index is 0.414. The molecule has 3 nitrogen and oxygen atoms in total. The summed E-state index contributed by atoms with van der Waals surface area (Å²) < 4.78 is 10.6. The second-order valence-corrected chi connectivity index (χ2v) is 2.93. The number of hydrogen-bond acceptors (Lipinski definition) is 3. The summed E-state index contributed by atoms with van der Waals surface area (Å²) in [5, 5.41) is 0. The van der Waals surface area contributed by atoms with Gasteiger partial charge in [0, 0.05) is 24.6 Å². The maximum atomic E-state index is 5.72. The molecule has 1 aromatic rings. The van der Waals surface area contributed by atoms with Crippen molar-refractivity contribution in [1.29, 1.82) is 0 Å². The number of ether oxygens (including phenoxy) is 2. The van der Waals surface area contributed by atoms with Gasteiger partial charge in [-0.05, 0) is 13.0 Å². The maximum absolute atomic E-state index is 5.72. The predicted octanol–water partition coefficient (Wildman–Crippen LogP) is 2.24. The summed E-state index contributed by atoms with van der Waals surface area (Å²) in [4.78, 5) is 3.96. The molecule has 14 heavy (non-hydrogen) atoms. The minimum absolute atomic E-state index is 0.414. The summed E-state index contributed by atoms with van der Waals surface area (Å²) >= 11 is 5.72. The van der Waals surface area contributed by atoms with Gasteiger partial charge in [-0.1, -0.05) is 0 Å². The molecule has 0 spiro atoms. The van der Waals surface area contributed by atoms with Crippen LogP contribution in [0.3, 0.4) is 0 Å². The standard InChI is InChI=1S/C10H14ClNO2/c1-2-13-5-6-14-10-3-4-12-8-9(10)7-11/h3-4,8H,2,5-7H2,1H3. The molecule has 0 atom stereocenters. The van der Waals surface area contributed by atoms with Crippen molar-refractivity contribution in [2.24, 2.45) is 0 Å². The van der Waals surface area contributed by atoms with Gasteiger partial charge in [0.05, 0.1) is 12.5 Å². The van der Waals surface area contributed by atoms with Crippen LogP contribution in [0.5, 0.6) is 5.75 Å². The second-order valence-electron chi connectivity index (χ2n) is 2.66. The third kappa shape index (κ3) is 3.52. The fourth-order valence-corrected chi connectivity index (χ4v) is 1.21. The van der Waals surface area contributed by atoms with E-state index in [0.717, 1.165) is 11.3 Å². The van der Waals surface area contributed by atoms with E-state index < -0.39 is 0 Å². The number of alkyl halides is 1. The van der Waals surface area contributed by atoms with E-state index in [9.17, 15) is 0 Å². The first-order valence-corrected chi connectivity index (χ1v) is 5.11. The van der Waals surface area contributed by atoms with Crippen molar-refractivity contribution in [3.8, 4) is 5.75 Å². The average Bonchev–Trinajstić information content (AvgIpc) is 2.25. The van der Waals surface area contributed by atoms with Crippen molar-refractivity contribution in [1.82, 2.24) is 4.98 Å². The smallest absolute Gasteiger partial charge is 0.126 e. The minimum Gasteiger partial charge on any atom is -0.491 e. The zero-order chi connectivity index (χ0) is 10.2. The highest BCUT2D eigenvalue weighted by molar-refractivity contribution is 6.17. The van der Waals surface area contributed by atoms with Crippen molar-refractivity contribution in [3.63, 3.8) is 0 Å². The van der Waals surface area contributed by atoms with E-state index in [-0.39, 0.29) is 0 Å². The molecule has 78 valence electrons. The number of pyridine rings is 1. The maximum Gasteiger partial charge on any atom is 0.126 e. The number of rotatable bonds is 6. The van der Waals surface area contributed by atoms with Crippen molar-refractivity contribution >= 4 is 11.6 Å². The Kier molecular flexibility index (Phi) is 5.33. The van der Waals surface area contributed by atoms with Crippen molar-refractivity contribution in [2.75, 3.05) is 19.8 Å². The fourth-order valence-electron chi connectivity index (χ4n) is 1.01. The van der Waals surface area contributed by atoms with Gasteiger partial charge in [0.25, 0.3) is 0 Å². The van der Waals surface area contributed by atoms with E-state index >= 15 is 0 Å². The highest BCUT2D eigenvalue weighted by Crippen LogP contribution is 2.18. The molecule has 1 rings (SSSR count). The van der Waals surface area contributed by atoms with Crippen LogP contribution in [0.4, 0.5) is 0 Å². The van der Waals surface area contributed by atoms with Crippen LogP contribution >= 0.6 is 11.6 Å². The lowest BCUT2D eigenvalue weighted by molar-refractivity contribution is 0.110. The molecule has 1 heterocycles. The number of hydrogen-bond donors (Lipinski definition) is 0. The molecule has 0 aliphatic heterocycles. The largest absolute Gasteiger partial charge is 0.491 e. The van der Waals surface area contributed by atoms with Crippen LogP contribution in [0.15, 0.2) is 18.5 Å². The molecule has 0 N–H and O–H groups in total. The first kappa shape index (κ1) is 11.3. The van der Waals surface area contributed by atoms with Gasteiger partial charge >= 0.3 is 0 Å². The molecule has 0 radical (unpaired) electrons. The summed E-state index contributed by atoms with van der Waals surface area (Å²) in [6.45, 7) is 3.81. The zero-order valence-corrected chi connectivity index (χ0v) is 8.96. The van der Waals surface area contributed by atoms with E-state index in [2.05, 4.69) is 4.98 Å². The van der Waals surface area contributed by atoms with Crippen LogP contribution in [0, 0.1) is 0 Å². The van der Waals surface area contributed by atoms with E-state index in [1.165, 1.54) is 0 Å². The molecule has 0 bridgehead atoms. The average molecular weight is 216 g/mol. The fraction of sp³-hybridized carbons (Fsp3) is 0.500. The SMILES string of the molecule is CCOCCOc1ccncc1CCl. The molecule has 4 heteroatoms. The summed E-state index contributed by atoms with van der Waals surface area (Å²) in [5.41, 5.74) is 0.908. The van der Waals surface area contributed by atoms with Gasteiger partial charge in [-0.3, -0.25) is 4.98 Å². The lowest BCUT2D eigenvalue weighted by atomic mass is 10.3. The number of nitrogens with zero attached hydrogens (tertiary/aromatic N) is 1. The summed E-state index contributed by atoms with van der Waals surface area (Å²) in [5.74, 6) is 1.20. The van der Waals surface area contributed by atoms with E-state index in [1.807, 2.05) is 13.0 Å². The Balaban J connectivity index is 2.41. The van der Waals surface area contributed by atoms with Gasteiger partial charge in [0.2, 0.25) is 0 Å². The van der Waals surface area contributed by atoms with Crippen molar-refractivity contribution < 1.29 is 9.47 Å². The number of halogens is 1. The van der Waals surface area contributed by atoms with Gasteiger partial charge in [-0.2, -0.15) is 0 Å². The van der Waals surface area contributed by atoms with E-state index in [0.29, 0.717) is 25.7 Å². The Morgan fingerprint density at radius 3 is 3.00 bits per heavy atom. The molecular weight excluding hydrogens is 202 g/mol. The molecular formula is C10H14ClNO2. The van der Waals surface area contributed by atoms with E-state index in [1.54, 1.807) is 12.4 Å². The third-order valence-electron chi connectivity index (χ3n) is 1.69. The lowest BCUT2D eigenvalue weighted by Gasteiger charge is -2.08. The molecule has 0 unspecified atom stereocenters. The Morgan fingerprint density at radius 2 is 2.29 bits per heavy atom. The second kappa shape index (κ2) is 6.62. The summed E-state index contributed by atoms with van der Waals surface area (Å²) in [6, 6.07) is 1.81. The molecule has 0 saturated carbocycles. The quantitative estimate of drug-likeness (QED) is 0.539. The van der Waals surface area contributed by atoms with Crippen LogP contribution in [0.2, 0.25) is 0 Å². The monoisotopic (exact) mass is 215 g/mol. The van der Waals surface area contributed by atoms with Gasteiger partial charge in [0.1, 0.15) is 12.4 Å². The van der Waals surface area contributed by atoms with Crippen LogP contribution < -0.4 is 4.74 Å². The highest BCUT2D eigenvalue weighted by atomic mass is 35.5. The Labute approximate surface area is 89.0 Å². The highest BCUT2D eigenvalue weighted by Gasteiger charge is 2.01. The van der Waals surface area contributed by atoms with Crippen molar-refractivity contribution in [2.45, 2.75) is 12.8 Å². The van der Waals surface area contributed by atoms with Gasteiger partial charge in [-0.15, -0.1) is 11.6 Å². The summed E-state index contributed by atoms with van der Waals surface area (Å²) in [7, 11) is 0. The predicted molar refractivity (Wildman–Crippen MR) is 55.8 cm³/mol. The molecule has 0 fully saturated rings. The lowest BCUT2D eigenvalue weighted by Crippen LogP contribution is -2.07. The molecule has 0 saturated heterocycles. The van der Waals surface area contributed by atoms with Gasteiger partial charge in [0.15, 0.2) is 0 Å². The third-order valence-corrected chi connectivity index (χ3v) is 1.98. The molecule has 0 aromatic carbocycles. The normalized spacial score (nSPS) is 10.1. The number of aromatic nitrogens is 1. The summed E-state index contributed by atoms with van der Waals surface area (Å²) in [6.07, 6.45) is 3.40. The molecule has 1 aromatic heterocycles. The zero-order valence-electron chi connectivity index (χ0n) is 8.20. The molecule has 0 amide bonds. The topological polar surface area (TPSA) is 31.4 Å². The van der Waals surface area contributed by atoms with Crippen LogP contribution in [-0.2, 0) is 10.6 Å². The van der Waals surface area contributed by atoms with Crippen molar-refractivity contribution in [3.05, 3.63) is 24.0 Å². The van der Waals surface area contributed by atoms with Crippen LogP contribution in [0.25, 0.3) is 0 Å². The molecule has 0 aliphatic carbocycles. The first-order chi connectivity index (χ1) is 6.88. The van der Waals surface area contributed by atoms with Gasteiger partial charge in [-0.25, -0.2) is 0 Å².